The van der Waals surface area contributed by atoms with Gasteiger partial charge in [-0.05, 0) is 83.9 Å². The van der Waals surface area contributed by atoms with E-state index < -0.39 is 23.0 Å². The van der Waals surface area contributed by atoms with Gasteiger partial charge in [-0.1, -0.05) is 35.9 Å². The number of hydrogen-bond donors (Lipinski definition) is 4. The Bertz CT molecular complexity index is 1610. The highest BCUT2D eigenvalue weighted by molar-refractivity contribution is 8.00. The van der Waals surface area contributed by atoms with E-state index >= 15 is 0 Å². The Kier molecular flexibility index (Phi) is 9.96. The predicted molar refractivity (Wildman–Crippen MR) is 164 cm³/mol. The van der Waals surface area contributed by atoms with Crippen LogP contribution in [0.5, 0.6) is 0 Å². The first-order chi connectivity index (χ1) is 19.7. The lowest BCUT2D eigenvalue weighted by Crippen LogP contribution is -2.30. The summed E-state index contributed by atoms with van der Waals surface area (Å²) in [6, 6.07) is 21.6. The molecule has 0 aliphatic heterocycles. The molecule has 0 spiro atoms. The van der Waals surface area contributed by atoms with Crippen LogP contribution in [0.4, 0.5) is 11.4 Å². The van der Waals surface area contributed by atoms with Gasteiger partial charge in [0.05, 0.1) is 15.8 Å². The molecule has 11 heteroatoms. The number of benzene rings is 3. The van der Waals surface area contributed by atoms with E-state index in [9.17, 15) is 24.3 Å². The van der Waals surface area contributed by atoms with Crippen molar-refractivity contribution >= 4 is 75.8 Å². The Labute approximate surface area is 249 Å². The van der Waals surface area contributed by atoms with Gasteiger partial charge < -0.3 is 21.1 Å². The summed E-state index contributed by atoms with van der Waals surface area (Å²) in [6.07, 6.45) is 1.60. The standard InChI is InChI=1S/C30H24ClN3O5S2/c1-18(27(35)32-22-10-11-25(31)24(16-22)30(38)39)41-23-9-5-8-21(15-23)33-29(37)26(14-19-12-13-40-17-19)34-28(36)20-6-3-2-4-7-20/h2-18H,1H3,(H,32,35)(H,33,37)(H,34,36)(H,38,39)/b26-14-. The van der Waals surface area contributed by atoms with Crippen molar-refractivity contribution in [3.05, 3.63) is 117 Å². The molecule has 1 heterocycles. The molecule has 0 bridgehead atoms. The lowest BCUT2D eigenvalue weighted by molar-refractivity contribution is -0.115. The summed E-state index contributed by atoms with van der Waals surface area (Å²) in [5.41, 5.74) is 1.94. The third-order valence-corrected chi connectivity index (χ3v) is 7.75. The zero-order valence-corrected chi connectivity index (χ0v) is 24.0. The van der Waals surface area contributed by atoms with Crippen LogP contribution in [0.1, 0.15) is 33.2 Å². The topological polar surface area (TPSA) is 125 Å². The van der Waals surface area contributed by atoms with Crippen LogP contribution in [0.3, 0.4) is 0 Å². The predicted octanol–water partition coefficient (Wildman–Crippen LogP) is 6.63. The van der Waals surface area contributed by atoms with Gasteiger partial charge in [-0.15, -0.1) is 11.8 Å². The van der Waals surface area contributed by atoms with E-state index in [1.807, 2.05) is 16.8 Å². The maximum Gasteiger partial charge on any atom is 0.337 e. The summed E-state index contributed by atoms with van der Waals surface area (Å²) < 4.78 is 0. The molecule has 3 amide bonds. The first-order valence-electron chi connectivity index (χ1n) is 12.2. The molecule has 4 N–H and O–H groups in total. The van der Waals surface area contributed by atoms with Gasteiger partial charge in [-0.3, -0.25) is 14.4 Å². The number of carbonyl (C=O) groups excluding carboxylic acids is 3. The van der Waals surface area contributed by atoms with Crippen molar-refractivity contribution in [2.45, 2.75) is 17.1 Å². The van der Waals surface area contributed by atoms with Crippen LogP contribution in [0.2, 0.25) is 5.02 Å². The van der Waals surface area contributed by atoms with Crippen LogP contribution >= 0.6 is 34.7 Å². The number of carbonyl (C=O) groups is 4. The average Bonchev–Trinajstić information content (AvgIpc) is 3.47. The van der Waals surface area contributed by atoms with E-state index in [1.165, 1.54) is 41.3 Å². The van der Waals surface area contributed by atoms with Gasteiger partial charge in [-0.2, -0.15) is 11.3 Å². The van der Waals surface area contributed by atoms with E-state index in [2.05, 4.69) is 16.0 Å². The maximum atomic E-state index is 13.2. The molecule has 1 aromatic heterocycles. The first kappa shape index (κ1) is 29.6. The monoisotopic (exact) mass is 605 g/mol. The maximum absolute atomic E-state index is 13.2. The lowest BCUT2D eigenvalue weighted by Gasteiger charge is -2.14. The molecule has 1 unspecified atom stereocenters. The molecule has 4 aromatic rings. The Hall–Kier alpha value is -4.38. The second-order valence-corrected chi connectivity index (χ2v) is 11.3. The second kappa shape index (κ2) is 13.8. The summed E-state index contributed by atoms with van der Waals surface area (Å²) in [4.78, 5) is 50.8. The number of anilines is 2. The number of aromatic carboxylic acids is 1. The quantitative estimate of drug-likeness (QED) is 0.119. The number of nitrogens with one attached hydrogen (secondary N) is 3. The van der Waals surface area contributed by atoms with Gasteiger partial charge in [0, 0.05) is 21.8 Å². The zero-order chi connectivity index (χ0) is 29.4. The van der Waals surface area contributed by atoms with Crippen LogP contribution in [0.15, 0.2) is 100 Å². The van der Waals surface area contributed by atoms with Crippen molar-refractivity contribution in [1.82, 2.24) is 5.32 Å². The largest absolute Gasteiger partial charge is 0.478 e. The Balaban J connectivity index is 1.44. The van der Waals surface area contributed by atoms with Crippen molar-refractivity contribution in [2.24, 2.45) is 0 Å². The fraction of sp³-hybridized carbons (Fsp3) is 0.0667. The molecule has 41 heavy (non-hydrogen) atoms. The van der Waals surface area contributed by atoms with Crippen LogP contribution < -0.4 is 16.0 Å². The number of halogens is 1. The van der Waals surface area contributed by atoms with Crippen LogP contribution in [0, 0.1) is 0 Å². The molecule has 0 saturated heterocycles. The average molecular weight is 606 g/mol. The molecule has 0 aliphatic rings. The van der Waals surface area contributed by atoms with Crippen molar-refractivity contribution in [3.8, 4) is 0 Å². The number of rotatable bonds is 10. The number of carboxylic acids is 1. The first-order valence-corrected chi connectivity index (χ1v) is 14.4. The molecule has 8 nitrogen and oxygen atoms in total. The SMILES string of the molecule is CC(Sc1cccc(NC(=O)/C(=C/c2ccsc2)NC(=O)c2ccccc2)c1)C(=O)Nc1ccc(Cl)c(C(=O)O)c1. The minimum absolute atomic E-state index is 0.0738. The summed E-state index contributed by atoms with van der Waals surface area (Å²) >= 11 is 8.63. The van der Waals surface area contributed by atoms with Gasteiger partial charge >= 0.3 is 5.97 Å². The fourth-order valence-electron chi connectivity index (χ4n) is 3.58. The molecular weight excluding hydrogens is 582 g/mol. The number of carboxylic acid groups (broad SMARTS) is 1. The molecule has 208 valence electrons. The molecule has 4 rings (SSSR count). The van der Waals surface area contributed by atoms with Crippen LogP contribution in [0.25, 0.3) is 6.08 Å². The molecule has 0 fully saturated rings. The molecule has 0 aliphatic carbocycles. The number of thiophene rings is 1. The third-order valence-electron chi connectivity index (χ3n) is 5.62. The highest BCUT2D eigenvalue weighted by Gasteiger charge is 2.18. The summed E-state index contributed by atoms with van der Waals surface area (Å²) in [5, 5.41) is 20.7. The molecule has 0 radical (unpaired) electrons. The van der Waals surface area contributed by atoms with Gasteiger partial charge in [0.25, 0.3) is 11.8 Å². The Morgan fingerprint density at radius 1 is 0.927 bits per heavy atom. The normalized spacial score (nSPS) is 11.8. The van der Waals surface area contributed by atoms with E-state index in [0.717, 1.165) is 5.56 Å². The minimum Gasteiger partial charge on any atom is -0.478 e. The van der Waals surface area contributed by atoms with Gasteiger partial charge in [0.2, 0.25) is 5.91 Å². The minimum atomic E-state index is -1.19. The number of thioether (sulfide) groups is 1. The van der Waals surface area contributed by atoms with E-state index in [0.29, 0.717) is 21.8 Å². The Morgan fingerprint density at radius 3 is 2.39 bits per heavy atom. The van der Waals surface area contributed by atoms with Crippen molar-refractivity contribution in [2.75, 3.05) is 10.6 Å². The van der Waals surface area contributed by atoms with E-state index in [-0.39, 0.29) is 22.2 Å². The van der Waals surface area contributed by atoms with Crippen molar-refractivity contribution < 1.29 is 24.3 Å². The summed E-state index contributed by atoms with van der Waals surface area (Å²) in [5.74, 6) is -2.46. The van der Waals surface area contributed by atoms with Gasteiger partial charge in [0.15, 0.2) is 0 Å². The summed E-state index contributed by atoms with van der Waals surface area (Å²) in [6.45, 7) is 1.71. The fourth-order valence-corrected chi connectivity index (χ4v) is 5.32. The highest BCUT2D eigenvalue weighted by atomic mass is 35.5. The van der Waals surface area contributed by atoms with E-state index in [1.54, 1.807) is 67.6 Å². The molecule has 1 atom stereocenters. The number of amides is 3. The number of hydrogen-bond acceptors (Lipinski definition) is 6. The molecule has 3 aromatic carbocycles. The lowest BCUT2D eigenvalue weighted by atomic mass is 10.2. The molecular formula is C30H24ClN3O5S2. The van der Waals surface area contributed by atoms with Crippen LogP contribution in [-0.4, -0.2) is 34.0 Å². The van der Waals surface area contributed by atoms with Crippen molar-refractivity contribution in [1.29, 1.82) is 0 Å². The van der Waals surface area contributed by atoms with Crippen molar-refractivity contribution in [3.63, 3.8) is 0 Å². The summed E-state index contributed by atoms with van der Waals surface area (Å²) in [7, 11) is 0. The Morgan fingerprint density at radius 2 is 1.68 bits per heavy atom. The highest BCUT2D eigenvalue weighted by Crippen LogP contribution is 2.28. The third kappa shape index (κ3) is 8.31. The van der Waals surface area contributed by atoms with Crippen LogP contribution in [-0.2, 0) is 9.59 Å². The zero-order valence-electron chi connectivity index (χ0n) is 21.6. The van der Waals surface area contributed by atoms with Gasteiger partial charge in [-0.25, -0.2) is 4.79 Å². The smallest absolute Gasteiger partial charge is 0.337 e. The van der Waals surface area contributed by atoms with E-state index in [4.69, 9.17) is 11.6 Å². The van der Waals surface area contributed by atoms with Gasteiger partial charge in [0.1, 0.15) is 5.70 Å². The molecule has 0 saturated carbocycles. The second-order valence-electron chi connectivity index (χ2n) is 8.67.